The van der Waals surface area contributed by atoms with Crippen molar-refractivity contribution in [2.75, 3.05) is 19.6 Å². The third-order valence-electron chi connectivity index (χ3n) is 3.67. The molecule has 1 heterocycles. The number of nitrogens with one attached hydrogen (secondary N) is 1. The fourth-order valence-electron chi connectivity index (χ4n) is 2.52. The fourth-order valence-corrected chi connectivity index (χ4v) is 3.01. The van der Waals surface area contributed by atoms with Crippen molar-refractivity contribution in [1.82, 2.24) is 10.2 Å². The Kier molecular flexibility index (Phi) is 4.63. The second-order valence-electron chi connectivity index (χ2n) is 5.63. The van der Waals surface area contributed by atoms with Gasteiger partial charge in [0.15, 0.2) is 0 Å². The maximum Gasteiger partial charge on any atom is 0.223 e. The molecule has 3 nitrogen and oxygen atoms in total. The number of piperazine rings is 1. The van der Waals surface area contributed by atoms with Gasteiger partial charge >= 0.3 is 0 Å². The standard InChI is InChI=1S/C15H21BrN2O/c1-15(2)11-17-9-10-18(15)14(19)8-7-12-5-3-4-6-13(12)16/h3-6,17H,7-11H2,1-2H3. The predicted octanol–water partition coefficient (Wildman–Crippen LogP) is 2.59. The van der Waals surface area contributed by atoms with Crippen molar-refractivity contribution in [3.05, 3.63) is 34.3 Å². The number of rotatable bonds is 3. The Labute approximate surface area is 123 Å². The van der Waals surface area contributed by atoms with E-state index in [2.05, 4.69) is 41.2 Å². The van der Waals surface area contributed by atoms with Gasteiger partial charge in [-0.3, -0.25) is 4.79 Å². The molecule has 1 fully saturated rings. The molecule has 4 heteroatoms. The summed E-state index contributed by atoms with van der Waals surface area (Å²) in [4.78, 5) is 14.4. The smallest absolute Gasteiger partial charge is 0.223 e. The maximum atomic E-state index is 12.4. The Balaban J connectivity index is 1.96. The van der Waals surface area contributed by atoms with E-state index in [1.165, 1.54) is 5.56 Å². The number of halogens is 1. The molecule has 0 radical (unpaired) electrons. The summed E-state index contributed by atoms with van der Waals surface area (Å²) in [7, 11) is 0. The van der Waals surface area contributed by atoms with Crippen LogP contribution in [0.2, 0.25) is 0 Å². The van der Waals surface area contributed by atoms with Gasteiger partial charge in [-0.25, -0.2) is 0 Å². The number of amides is 1. The lowest BCUT2D eigenvalue weighted by Gasteiger charge is -2.43. The van der Waals surface area contributed by atoms with Crippen LogP contribution >= 0.6 is 15.9 Å². The summed E-state index contributed by atoms with van der Waals surface area (Å²) in [5.41, 5.74) is 1.12. The minimum Gasteiger partial charge on any atom is -0.335 e. The van der Waals surface area contributed by atoms with Crippen molar-refractivity contribution in [1.29, 1.82) is 0 Å². The molecule has 104 valence electrons. The molecule has 0 bridgehead atoms. The summed E-state index contributed by atoms with van der Waals surface area (Å²) in [5.74, 6) is 0.252. The van der Waals surface area contributed by atoms with Crippen LogP contribution in [-0.4, -0.2) is 36.0 Å². The summed E-state index contributed by atoms with van der Waals surface area (Å²) in [5, 5.41) is 3.34. The lowest BCUT2D eigenvalue weighted by atomic mass is 9.99. The molecule has 0 aliphatic carbocycles. The molecule has 0 spiro atoms. The van der Waals surface area contributed by atoms with E-state index < -0.39 is 0 Å². The van der Waals surface area contributed by atoms with Gasteiger partial charge in [0.05, 0.1) is 0 Å². The molecule has 2 rings (SSSR count). The van der Waals surface area contributed by atoms with Crippen LogP contribution in [0.5, 0.6) is 0 Å². The molecule has 0 aromatic heterocycles. The Morgan fingerprint density at radius 1 is 1.42 bits per heavy atom. The lowest BCUT2D eigenvalue weighted by molar-refractivity contribution is -0.137. The Morgan fingerprint density at radius 3 is 2.84 bits per heavy atom. The second-order valence-corrected chi connectivity index (χ2v) is 6.48. The van der Waals surface area contributed by atoms with Gasteiger partial charge < -0.3 is 10.2 Å². The van der Waals surface area contributed by atoms with Crippen LogP contribution in [0.25, 0.3) is 0 Å². The van der Waals surface area contributed by atoms with Gasteiger partial charge in [0.2, 0.25) is 5.91 Å². The van der Waals surface area contributed by atoms with Gasteiger partial charge in [-0.1, -0.05) is 34.1 Å². The van der Waals surface area contributed by atoms with Crippen molar-refractivity contribution in [2.24, 2.45) is 0 Å². The molecule has 1 saturated heterocycles. The minimum atomic E-state index is -0.0801. The summed E-state index contributed by atoms with van der Waals surface area (Å²) in [6.45, 7) is 6.81. The van der Waals surface area contributed by atoms with E-state index in [0.29, 0.717) is 6.42 Å². The summed E-state index contributed by atoms with van der Waals surface area (Å²) < 4.78 is 1.09. The van der Waals surface area contributed by atoms with Gasteiger partial charge in [-0.2, -0.15) is 0 Å². The highest BCUT2D eigenvalue weighted by molar-refractivity contribution is 9.10. The molecular formula is C15H21BrN2O. The highest BCUT2D eigenvalue weighted by Gasteiger charge is 2.32. The highest BCUT2D eigenvalue weighted by Crippen LogP contribution is 2.21. The summed E-state index contributed by atoms with van der Waals surface area (Å²) in [6.07, 6.45) is 1.37. The number of nitrogens with zero attached hydrogens (tertiary/aromatic N) is 1. The van der Waals surface area contributed by atoms with Crippen LogP contribution in [0.3, 0.4) is 0 Å². The van der Waals surface area contributed by atoms with Gasteiger partial charge in [0.1, 0.15) is 0 Å². The van der Waals surface area contributed by atoms with E-state index in [-0.39, 0.29) is 11.4 Å². The van der Waals surface area contributed by atoms with E-state index in [0.717, 1.165) is 30.5 Å². The first-order valence-corrected chi connectivity index (χ1v) is 7.54. The van der Waals surface area contributed by atoms with E-state index in [4.69, 9.17) is 0 Å². The van der Waals surface area contributed by atoms with Crippen LogP contribution in [-0.2, 0) is 11.2 Å². The molecular weight excluding hydrogens is 304 g/mol. The number of hydrogen-bond donors (Lipinski definition) is 1. The van der Waals surface area contributed by atoms with E-state index in [1.807, 2.05) is 23.1 Å². The highest BCUT2D eigenvalue weighted by atomic mass is 79.9. The van der Waals surface area contributed by atoms with E-state index in [1.54, 1.807) is 0 Å². The molecule has 1 N–H and O–H groups in total. The first-order chi connectivity index (χ1) is 9.00. The van der Waals surface area contributed by atoms with Crippen molar-refractivity contribution in [2.45, 2.75) is 32.2 Å². The number of benzene rings is 1. The topological polar surface area (TPSA) is 32.3 Å². The monoisotopic (exact) mass is 324 g/mol. The minimum absolute atomic E-state index is 0.0801. The van der Waals surface area contributed by atoms with Crippen molar-refractivity contribution < 1.29 is 4.79 Å². The van der Waals surface area contributed by atoms with Crippen LogP contribution in [0.15, 0.2) is 28.7 Å². The maximum absolute atomic E-state index is 12.4. The summed E-state index contributed by atoms with van der Waals surface area (Å²) >= 11 is 3.53. The zero-order valence-corrected chi connectivity index (χ0v) is 13.2. The Hall–Kier alpha value is -0.870. The molecule has 1 aliphatic rings. The molecule has 0 unspecified atom stereocenters. The Bertz CT molecular complexity index is 459. The quantitative estimate of drug-likeness (QED) is 0.926. The zero-order valence-electron chi connectivity index (χ0n) is 11.6. The molecule has 1 aliphatic heterocycles. The normalized spacial score (nSPS) is 18.4. The molecule has 0 saturated carbocycles. The van der Waals surface area contributed by atoms with Crippen LogP contribution in [0.4, 0.5) is 0 Å². The fraction of sp³-hybridized carbons (Fsp3) is 0.533. The molecule has 1 aromatic carbocycles. The third kappa shape index (κ3) is 3.57. The van der Waals surface area contributed by atoms with Crippen molar-refractivity contribution in [3.8, 4) is 0 Å². The first kappa shape index (κ1) is 14.5. The van der Waals surface area contributed by atoms with Crippen molar-refractivity contribution >= 4 is 21.8 Å². The van der Waals surface area contributed by atoms with Crippen LogP contribution < -0.4 is 5.32 Å². The average Bonchev–Trinajstić information content (AvgIpc) is 2.37. The van der Waals surface area contributed by atoms with Gasteiger partial charge in [0.25, 0.3) is 0 Å². The van der Waals surface area contributed by atoms with Crippen LogP contribution in [0.1, 0.15) is 25.8 Å². The number of carbonyl (C=O) groups is 1. The molecule has 19 heavy (non-hydrogen) atoms. The second kappa shape index (κ2) is 6.06. The SMILES string of the molecule is CC1(C)CNCCN1C(=O)CCc1ccccc1Br. The Morgan fingerprint density at radius 2 is 2.16 bits per heavy atom. The number of carbonyl (C=O) groups excluding carboxylic acids is 1. The van der Waals surface area contributed by atoms with Crippen molar-refractivity contribution in [3.63, 3.8) is 0 Å². The molecule has 0 atom stereocenters. The van der Waals surface area contributed by atoms with Gasteiger partial charge in [-0.05, 0) is 31.9 Å². The van der Waals surface area contributed by atoms with Gasteiger partial charge in [-0.15, -0.1) is 0 Å². The predicted molar refractivity (Wildman–Crippen MR) is 81.1 cm³/mol. The van der Waals surface area contributed by atoms with Gasteiger partial charge in [0, 0.05) is 36.1 Å². The molecule has 1 amide bonds. The average molecular weight is 325 g/mol. The zero-order chi connectivity index (χ0) is 13.9. The van der Waals surface area contributed by atoms with E-state index in [9.17, 15) is 4.79 Å². The third-order valence-corrected chi connectivity index (χ3v) is 4.44. The molecule has 1 aromatic rings. The first-order valence-electron chi connectivity index (χ1n) is 6.75. The number of hydrogen-bond acceptors (Lipinski definition) is 2. The summed E-state index contributed by atoms with van der Waals surface area (Å²) in [6, 6.07) is 8.10. The van der Waals surface area contributed by atoms with E-state index >= 15 is 0 Å². The van der Waals surface area contributed by atoms with Crippen LogP contribution in [0, 0.1) is 0 Å². The number of aryl methyl sites for hydroxylation is 1. The largest absolute Gasteiger partial charge is 0.335 e. The lowest BCUT2D eigenvalue weighted by Crippen LogP contribution is -2.59.